The van der Waals surface area contributed by atoms with Gasteiger partial charge in [0, 0.05) is 18.0 Å². The smallest absolute Gasteiger partial charge is 0.278 e. The van der Waals surface area contributed by atoms with Crippen molar-refractivity contribution in [1.29, 1.82) is 0 Å². The number of carbonyl (C=O) groups excluding carboxylic acids is 1. The lowest BCUT2D eigenvalue weighted by atomic mass is 10.1. The van der Waals surface area contributed by atoms with Crippen LogP contribution in [0.25, 0.3) is 0 Å². The Morgan fingerprint density at radius 1 is 1.15 bits per heavy atom. The van der Waals surface area contributed by atoms with Crippen LogP contribution in [0.5, 0.6) is 16.7 Å². The lowest BCUT2D eigenvalue weighted by Gasteiger charge is -2.11. The fraction of sp³-hybridized carbons (Fsp3) is 0.200. The van der Waals surface area contributed by atoms with Gasteiger partial charge in [0.2, 0.25) is 0 Å². The molecule has 0 fully saturated rings. The average molecular weight is 389 g/mol. The average Bonchev–Trinajstić information content (AvgIpc) is 3.12. The number of Topliss-reactive ketones (excluding diaryl/α,β-unsaturated/α-hetero) is 1. The highest BCUT2D eigenvalue weighted by Gasteiger charge is 2.13. The molecule has 1 aromatic heterocycles. The standard InChI is InChI=1S/C20H17F2NO3S/c1-13(24)5-6-14-10-17(21)19(18(22)11-14)25-12-15-3-2-4-16(9-15)26-20-23-7-8-27-20/h2-4,7-11H,5-6,12H2,1H3. The molecule has 0 atom stereocenters. The van der Waals surface area contributed by atoms with Crippen LogP contribution in [0.3, 0.4) is 0 Å². The zero-order valence-corrected chi connectivity index (χ0v) is 15.4. The second-order valence-corrected chi connectivity index (χ2v) is 6.78. The maximum absolute atomic E-state index is 14.2. The Morgan fingerprint density at radius 3 is 2.59 bits per heavy atom. The molecule has 3 aromatic rings. The summed E-state index contributed by atoms with van der Waals surface area (Å²) in [6, 6.07) is 9.41. The van der Waals surface area contributed by atoms with Gasteiger partial charge < -0.3 is 14.3 Å². The third kappa shape index (κ3) is 5.34. The largest absolute Gasteiger partial charge is 0.483 e. The van der Waals surface area contributed by atoms with Crippen LogP contribution in [-0.2, 0) is 17.8 Å². The molecule has 0 N–H and O–H groups in total. The summed E-state index contributed by atoms with van der Waals surface area (Å²) in [7, 11) is 0. The van der Waals surface area contributed by atoms with Crippen molar-refractivity contribution < 1.29 is 23.0 Å². The predicted octanol–water partition coefficient (Wildman–Crippen LogP) is 5.31. The van der Waals surface area contributed by atoms with E-state index in [1.165, 1.54) is 30.4 Å². The normalized spacial score (nSPS) is 10.6. The molecule has 1 heterocycles. The van der Waals surface area contributed by atoms with E-state index in [1.807, 2.05) is 0 Å². The number of thiazole rings is 1. The van der Waals surface area contributed by atoms with E-state index in [0.29, 0.717) is 28.5 Å². The van der Waals surface area contributed by atoms with E-state index in [9.17, 15) is 13.6 Å². The van der Waals surface area contributed by atoms with Gasteiger partial charge in [-0.25, -0.2) is 13.8 Å². The summed E-state index contributed by atoms with van der Waals surface area (Å²) in [5, 5.41) is 2.31. The molecule has 3 rings (SSSR count). The number of rotatable bonds is 8. The van der Waals surface area contributed by atoms with E-state index in [-0.39, 0.29) is 18.8 Å². The van der Waals surface area contributed by atoms with Gasteiger partial charge in [0.15, 0.2) is 17.4 Å². The summed E-state index contributed by atoms with van der Waals surface area (Å²) in [4.78, 5) is 15.1. The van der Waals surface area contributed by atoms with E-state index in [4.69, 9.17) is 9.47 Å². The first-order valence-electron chi connectivity index (χ1n) is 8.27. The maximum Gasteiger partial charge on any atom is 0.278 e. The van der Waals surface area contributed by atoms with Crippen molar-refractivity contribution in [1.82, 2.24) is 4.98 Å². The molecule has 0 saturated heterocycles. The zero-order chi connectivity index (χ0) is 19.2. The van der Waals surface area contributed by atoms with Gasteiger partial charge in [0.05, 0.1) is 0 Å². The predicted molar refractivity (Wildman–Crippen MR) is 98.3 cm³/mol. The van der Waals surface area contributed by atoms with Crippen LogP contribution in [-0.4, -0.2) is 10.8 Å². The molecule has 0 aliphatic carbocycles. The molecule has 27 heavy (non-hydrogen) atoms. The lowest BCUT2D eigenvalue weighted by Crippen LogP contribution is -2.02. The van der Waals surface area contributed by atoms with Gasteiger partial charge in [0.1, 0.15) is 18.1 Å². The summed E-state index contributed by atoms with van der Waals surface area (Å²) in [6.07, 6.45) is 2.17. The Labute approximate surface area is 159 Å². The van der Waals surface area contributed by atoms with Gasteiger partial charge in [0.25, 0.3) is 5.19 Å². The summed E-state index contributed by atoms with van der Waals surface area (Å²) >= 11 is 1.36. The minimum atomic E-state index is -0.788. The molecule has 0 radical (unpaired) electrons. The number of halogens is 2. The van der Waals surface area contributed by atoms with E-state index in [0.717, 1.165) is 0 Å². The first kappa shape index (κ1) is 19.0. The van der Waals surface area contributed by atoms with E-state index < -0.39 is 17.4 Å². The Morgan fingerprint density at radius 2 is 1.93 bits per heavy atom. The molecule has 0 saturated carbocycles. The highest BCUT2D eigenvalue weighted by molar-refractivity contribution is 7.11. The van der Waals surface area contributed by atoms with Gasteiger partial charge in [-0.05, 0) is 48.7 Å². The number of ether oxygens (including phenoxy) is 2. The van der Waals surface area contributed by atoms with Crippen LogP contribution in [0.15, 0.2) is 48.0 Å². The number of aryl methyl sites for hydroxylation is 1. The number of benzene rings is 2. The van der Waals surface area contributed by atoms with Crippen LogP contribution in [0.1, 0.15) is 24.5 Å². The van der Waals surface area contributed by atoms with Gasteiger partial charge in [-0.15, -0.1) is 0 Å². The molecule has 0 amide bonds. The topological polar surface area (TPSA) is 48.4 Å². The van der Waals surface area contributed by atoms with Crippen LogP contribution in [0.2, 0.25) is 0 Å². The quantitative estimate of drug-likeness (QED) is 0.524. The number of carbonyl (C=O) groups is 1. The van der Waals surface area contributed by atoms with Gasteiger partial charge in [-0.3, -0.25) is 0 Å². The van der Waals surface area contributed by atoms with Crippen LogP contribution >= 0.6 is 11.3 Å². The van der Waals surface area contributed by atoms with E-state index in [1.54, 1.807) is 35.8 Å². The van der Waals surface area contributed by atoms with Crippen molar-refractivity contribution in [2.45, 2.75) is 26.4 Å². The molecule has 140 valence electrons. The van der Waals surface area contributed by atoms with Crippen molar-refractivity contribution in [3.8, 4) is 16.7 Å². The van der Waals surface area contributed by atoms with Crippen LogP contribution in [0, 0.1) is 11.6 Å². The molecule has 0 unspecified atom stereocenters. The fourth-order valence-electron chi connectivity index (χ4n) is 2.43. The molecule has 0 aliphatic heterocycles. The molecule has 7 heteroatoms. The highest BCUT2D eigenvalue weighted by Crippen LogP contribution is 2.27. The first-order valence-corrected chi connectivity index (χ1v) is 9.15. The van der Waals surface area contributed by atoms with Crippen molar-refractivity contribution in [3.05, 3.63) is 70.7 Å². The lowest BCUT2D eigenvalue weighted by molar-refractivity contribution is -0.116. The number of ketones is 1. The molecule has 0 bridgehead atoms. The molecule has 2 aromatic carbocycles. The minimum absolute atomic E-state index is 0.0182. The van der Waals surface area contributed by atoms with Crippen LogP contribution < -0.4 is 9.47 Å². The summed E-state index contributed by atoms with van der Waals surface area (Å²) < 4.78 is 39.3. The molecule has 4 nitrogen and oxygen atoms in total. The summed E-state index contributed by atoms with van der Waals surface area (Å²) in [6.45, 7) is 1.42. The summed E-state index contributed by atoms with van der Waals surface area (Å²) in [5.41, 5.74) is 1.12. The maximum atomic E-state index is 14.2. The van der Waals surface area contributed by atoms with Crippen molar-refractivity contribution in [2.75, 3.05) is 0 Å². The van der Waals surface area contributed by atoms with Gasteiger partial charge >= 0.3 is 0 Å². The van der Waals surface area contributed by atoms with E-state index in [2.05, 4.69) is 4.98 Å². The van der Waals surface area contributed by atoms with Crippen molar-refractivity contribution >= 4 is 17.1 Å². The van der Waals surface area contributed by atoms with E-state index >= 15 is 0 Å². The Hall–Kier alpha value is -2.80. The monoisotopic (exact) mass is 389 g/mol. The van der Waals surface area contributed by atoms with Gasteiger partial charge in [-0.2, -0.15) is 0 Å². The summed E-state index contributed by atoms with van der Waals surface area (Å²) in [5.74, 6) is -1.48. The van der Waals surface area contributed by atoms with Crippen molar-refractivity contribution in [2.24, 2.45) is 0 Å². The first-order chi connectivity index (χ1) is 13.0. The number of hydrogen-bond acceptors (Lipinski definition) is 5. The second kappa shape index (κ2) is 8.73. The zero-order valence-electron chi connectivity index (χ0n) is 14.6. The minimum Gasteiger partial charge on any atom is -0.483 e. The Kier molecular flexibility index (Phi) is 6.13. The Balaban J connectivity index is 1.66. The highest BCUT2D eigenvalue weighted by atomic mass is 32.1. The molecule has 0 spiro atoms. The molecular formula is C20H17F2NO3S. The molecular weight excluding hydrogens is 372 g/mol. The van der Waals surface area contributed by atoms with Gasteiger partial charge in [-0.1, -0.05) is 23.5 Å². The number of hydrogen-bond donors (Lipinski definition) is 0. The van der Waals surface area contributed by atoms with Crippen molar-refractivity contribution in [3.63, 3.8) is 0 Å². The van der Waals surface area contributed by atoms with Crippen LogP contribution in [0.4, 0.5) is 8.78 Å². The third-order valence-corrected chi connectivity index (χ3v) is 4.37. The second-order valence-electron chi connectivity index (χ2n) is 5.93. The third-order valence-electron chi connectivity index (χ3n) is 3.72. The number of aromatic nitrogens is 1. The fourth-order valence-corrected chi connectivity index (χ4v) is 2.93. The Bertz CT molecular complexity index is 906. The number of nitrogens with zero attached hydrogens (tertiary/aromatic N) is 1. The molecule has 0 aliphatic rings. The SMILES string of the molecule is CC(=O)CCc1cc(F)c(OCc2cccc(Oc3nccs3)c2)c(F)c1.